The molecule has 3 rings (SSSR count). The first kappa shape index (κ1) is 24.5. The van der Waals surface area contributed by atoms with Gasteiger partial charge in [-0.3, -0.25) is 4.79 Å². The average molecular weight is 467 g/mol. The van der Waals surface area contributed by atoms with Crippen LogP contribution in [0.15, 0.2) is 47.5 Å². The maximum Gasteiger partial charge on any atom is 0.416 e. The second-order valence-electron chi connectivity index (χ2n) is 8.10. The van der Waals surface area contributed by atoms with Gasteiger partial charge in [0.25, 0.3) is 5.91 Å². The van der Waals surface area contributed by atoms with E-state index in [1.807, 2.05) is 13.8 Å². The average Bonchev–Trinajstić information content (AvgIpc) is 3.22. The third kappa shape index (κ3) is 6.65. The van der Waals surface area contributed by atoms with Crippen molar-refractivity contribution in [1.29, 1.82) is 0 Å². The van der Waals surface area contributed by atoms with Gasteiger partial charge in [-0.25, -0.2) is 15.2 Å². The van der Waals surface area contributed by atoms with Crippen molar-refractivity contribution < 1.29 is 27.5 Å². The number of nitrogens with zero attached hydrogens (tertiary/aromatic N) is 1. The molecule has 1 fully saturated rings. The number of guanidine groups is 1. The SMILES string of the molecule is CC(C)CN/C(=N/C(=O)c1ccc(C(F)(F)F)cc1)NC1CC(c2ccc(O)c(F)c2)NN1. The summed E-state index contributed by atoms with van der Waals surface area (Å²) < 4.78 is 51.9. The number of nitrogens with one attached hydrogen (secondary N) is 4. The monoisotopic (exact) mass is 467 g/mol. The van der Waals surface area contributed by atoms with E-state index < -0.39 is 29.2 Å². The molecule has 1 amide bonds. The molecule has 178 valence electrons. The Balaban J connectivity index is 1.71. The number of rotatable bonds is 5. The fourth-order valence-corrected chi connectivity index (χ4v) is 3.17. The lowest BCUT2D eigenvalue weighted by Gasteiger charge is -2.18. The second kappa shape index (κ2) is 10.2. The maximum absolute atomic E-state index is 13.7. The van der Waals surface area contributed by atoms with Crippen molar-refractivity contribution in [2.45, 2.75) is 38.7 Å². The van der Waals surface area contributed by atoms with Gasteiger partial charge in [0.05, 0.1) is 11.7 Å². The predicted molar refractivity (Wildman–Crippen MR) is 115 cm³/mol. The second-order valence-corrected chi connectivity index (χ2v) is 8.10. The summed E-state index contributed by atoms with van der Waals surface area (Å²) in [6.45, 7) is 4.43. The zero-order chi connectivity index (χ0) is 24.2. The Bertz CT molecular complexity index is 1010. The van der Waals surface area contributed by atoms with Crippen LogP contribution in [0.2, 0.25) is 0 Å². The lowest BCUT2D eigenvalue weighted by molar-refractivity contribution is -0.137. The lowest BCUT2D eigenvalue weighted by Crippen LogP contribution is -2.50. The van der Waals surface area contributed by atoms with Crippen LogP contribution in [0, 0.1) is 11.7 Å². The Morgan fingerprint density at radius 3 is 2.48 bits per heavy atom. The van der Waals surface area contributed by atoms with Crippen LogP contribution in [0.1, 0.15) is 47.8 Å². The molecule has 33 heavy (non-hydrogen) atoms. The summed E-state index contributed by atoms with van der Waals surface area (Å²) in [7, 11) is 0. The molecule has 0 radical (unpaired) electrons. The van der Waals surface area contributed by atoms with Gasteiger partial charge in [0.1, 0.15) is 0 Å². The van der Waals surface area contributed by atoms with E-state index in [1.54, 1.807) is 6.07 Å². The minimum atomic E-state index is -4.49. The Morgan fingerprint density at radius 1 is 1.18 bits per heavy atom. The third-order valence-corrected chi connectivity index (χ3v) is 4.94. The molecule has 1 saturated heterocycles. The van der Waals surface area contributed by atoms with E-state index in [2.05, 4.69) is 26.5 Å². The third-order valence-electron chi connectivity index (χ3n) is 4.94. The molecule has 1 aliphatic rings. The number of aliphatic imine (C=N–C) groups is 1. The van der Waals surface area contributed by atoms with Gasteiger partial charge in [-0.2, -0.15) is 18.2 Å². The molecule has 1 aliphatic heterocycles. The van der Waals surface area contributed by atoms with Crippen molar-refractivity contribution in [2.75, 3.05) is 6.54 Å². The van der Waals surface area contributed by atoms with Crippen LogP contribution in [0.4, 0.5) is 17.6 Å². The molecule has 2 atom stereocenters. The van der Waals surface area contributed by atoms with Gasteiger partial charge in [0.15, 0.2) is 11.6 Å². The van der Waals surface area contributed by atoms with Gasteiger partial charge in [-0.05, 0) is 47.9 Å². The highest BCUT2D eigenvalue weighted by Gasteiger charge is 2.30. The van der Waals surface area contributed by atoms with Crippen LogP contribution in [0.25, 0.3) is 0 Å². The Hall–Kier alpha value is -3.18. The number of hydrogen-bond acceptors (Lipinski definition) is 4. The molecule has 2 unspecified atom stereocenters. The molecule has 0 bridgehead atoms. The van der Waals surface area contributed by atoms with Crippen LogP contribution in [0.3, 0.4) is 0 Å². The van der Waals surface area contributed by atoms with Crippen LogP contribution in [-0.4, -0.2) is 29.7 Å². The zero-order valence-corrected chi connectivity index (χ0v) is 18.0. The summed E-state index contributed by atoms with van der Waals surface area (Å²) in [5.74, 6) is -1.47. The van der Waals surface area contributed by atoms with E-state index in [4.69, 9.17) is 0 Å². The minimum absolute atomic E-state index is 0.0172. The molecular formula is C22H25F4N5O2. The summed E-state index contributed by atoms with van der Waals surface area (Å²) in [5.41, 5.74) is 5.79. The number of phenolic OH excluding ortho intramolecular Hbond substituents is 1. The van der Waals surface area contributed by atoms with Crippen LogP contribution >= 0.6 is 0 Å². The number of carbonyl (C=O) groups excluding carboxylic acids is 1. The molecule has 2 aromatic rings. The van der Waals surface area contributed by atoms with E-state index in [0.717, 1.165) is 24.3 Å². The highest BCUT2D eigenvalue weighted by molar-refractivity contribution is 6.02. The molecule has 1 heterocycles. The Kier molecular flexibility index (Phi) is 7.54. The number of benzene rings is 2. The molecule has 0 aliphatic carbocycles. The standard InChI is InChI=1S/C22H25F4N5O2/c1-12(2)11-27-21(29-20(33)13-3-6-15(7-4-13)22(24,25)26)28-19-10-17(30-31-19)14-5-8-18(32)16(23)9-14/h3-9,12,17,19,30-32H,10-11H2,1-2H3,(H2,27,28,29,33). The quantitative estimate of drug-likeness (QED) is 0.263. The van der Waals surface area contributed by atoms with Crippen molar-refractivity contribution in [3.8, 4) is 5.75 Å². The number of carbonyl (C=O) groups is 1. The largest absolute Gasteiger partial charge is 0.505 e. The van der Waals surface area contributed by atoms with Gasteiger partial charge in [-0.15, -0.1) is 0 Å². The van der Waals surface area contributed by atoms with Crippen molar-refractivity contribution in [1.82, 2.24) is 21.5 Å². The highest BCUT2D eigenvalue weighted by atomic mass is 19.4. The van der Waals surface area contributed by atoms with Gasteiger partial charge >= 0.3 is 6.18 Å². The molecule has 2 aromatic carbocycles. The van der Waals surface area contributed by atoms with Gasteiger partial charge < -0.3 is 15.7 Å². The number of phenols is 1. The number of amides is 1. The number of aromatic hydroxyl groups is 1. The zero-order valence-electron chi connectivity index (χ0n) is 18.0. The Morgan fingerprint density at radius 2 is 1.88 bits per heavy atom. The lowest BCUT2D eigenvalue weighted by atomic mass is 10.0. The predicted octanol–water partition coefficient (Wildman–Crippen LogP) is 3.45. The van der Waals surface area contributed by atoms with Crippen molar-refractivity contribution >= 4 is 11.9 Å². The highest BCUT2D eigenvalue weighted by Crippen LogP contribution is 2.29. The molecule has 5 N–H and O–H groups in total. The maximum atomic E-state index is 13.7. The topological polar surface area (TPSA) is 97.8 Å². The molecule has 0 saturated carbocycles. The van der Waals surface area contributed by atoms with Gasteiger partial charge in [0, 0.05) is 24.6 Å². The molecule has 0 spiro atoms. The number of halogens is 4. The Labute approximate surface area is 188 Å². The number of hydrogen-bond donors (Lipinski definition) is 5. The normalized spacial score (nSPS) is 19.1. The number of hydrazine groups is 1. The fraction of sp³-hybridized carbons (Fsp3) is 0.364. The van der Waals surface area contributed by atoms with Crippen LogP contribution in [0.5, 0.6) is 5.75 Å². The molecule has 0 aromatic heterocycles. The van der Waals surface area contributed by atoms with E-state index in [9.17, 15) is 27.5 Å². The molecular weight excluding hydrogens is 442 g/mol. The van der Waals surface area contributed by atoms with Gasteiger partial charge in [0.2, 0.25) is 5.96 Å². The fourth-order valence-electron chi connectivity index (χ4n) is 3.17. The van der Waals surface area contributed by atoms with Crippen LogP contribution in [-0.2, 0) is 6.18 Å². The van der Waals surface area contributed by atoms with Crippen LogP contribution < -0.4 is 21.5 Å². The van der Waals surface area contributed by atoms with Crippen molar-refractivity contribution in [3.63, 3.8) is 0 Å². The first-order valence-electron chi connectivity index (χ1n) is 10.3. The molecule has 11 heteroatoms. The van der Waals surface area contributed by atoms with Crippen molar-refractivity contribution in [3.05, 3.63) is 65.0 Å². The van der Waals surface area contributed by atoms with Crippen molar-refractivity contribution in [2.24, 2.45) is 10.9 Å². The molecule has 7 nitrogen and oxygen atoms in total. The van der Waals surface area contributed by atoms with E-state index >= 15 is 0 Å². The van der Waals surface area contributed by atoms with Gasteiger partial charge in [-0.1, -0.05) is 19.9 Å². The van der Waals surface area contributed by atoms with E-state index in [-0.39, 0.29) is 29.6 Å². The summed E-state index contributed by atoms with van der Waals surface area (Å²) in [4.78, 5) is 16.6. The first-order chi connectivity index (χ1) is 15.5. The van der Waals surface area contributed by atoms with E-state index in [0.29, 0.717) is 18.5 Å². The summed E-state index contributed by atoms with van der Waals surface area (Å²) >= 11 is 0. The first-order valence-corrected chi connectivity index (χ1v) is 10.3. The summed E-state index contributed by atoms with van der Waals surface area (Å²) in [5, 5.41) is 15.4. The summed E-state index contributed by atoms with van der Waals surface area (Å²) in [6, 6.07) is 7.67. The minimum Gasteiger partial charge on any atom is -0.505 e. The summed E-state index contributed by atoms with van der Waals surface area (Å²) in [6.07, 6.45) is -4.42. The smallest absolute Gasteiger partial charge is 0.416 e. The number of alkyl halides is 3. The van der Waals surface area contributed by atoms with E-state index in [1.165, 1.54) is 12.1 Å².